The van der Waals surface area contributed by atoms with Crippen LogP contribution in [0.4, 0.5) is 0 Å². The van der Waals surface area contributed by atoms with Crippen LogP contribution < -0.4 is 0 Å². The first-order chi connectivity index (χ1) is 8.84. The lowest BCUT2D eigenvalue weighted by Gasteiger charge is -2.04. The molecule has 0 bridgehead atoms. The average molecular weight is 257 g/mol. The molecule has 2 heterocycles. The summed E-state index contributed by atoms with van der Waals surface area (Å²) >= 11 is 1.61. The summed E-state index contributed by atoms with van der Waals surface area (Å²) in [6.07, 6.45) is 0.927. The van der Waals surface area contributed by atoms with Crippen LogP contribution >= 0.6 is 11.3 Å². The van der Waals surface area contributed by atoms with Crippen LogP contribution in [0.15, 0.2) is 58.6 Å². The van der Waals surface area contributed by atoms with Crippen molar-refractivity contribution in [1.82, 2.24) is 0 Å². The van der Waals surface area contributed by atoms with E-state index in [4.69, 9.17) is 4.84 Å². The third-order valence-electron chi connectivity index (χ3n) is 2.67. The zero-order chi connectivity index (χ0) is 12.4. The molecular formula is C14H11NO2S. The van der Waals surface area contributed by atoms with Crippen LogP contribution in [0.1, 0.15) is 10.4 Å². The lowest BCUT2D eigenvalue weighted by atomic mass is 10.0. The SMILES string of the molecule is OC1ON=C(c2ccccc2)/C1=C/c1cccs1. The number of hydrogen-bond donors (Lipinski definition) is 1. The van der Waals surface area contributed by atoms with Crippen LogP contribution in [0, 0.1) is 0 Å². The van der Waals surface area contributed by atoms with Gasteiger partial charge in [0.15, 0.2) is 0 Å². The predicted molar refractivity (Wildman–Crippen MR) is 72.4 cm³/mol. The molecule has 18 heavy (non-hydrogen) atoms. The fourth-order valence-corrected chi connectivity index (χ4v) is 2.48. The van der Waals surface area contributed by atoms with Gasteiger partial charge >= 0.3 is 0 Å². The van der Waals surface area contributed by atoms with Crippen molar-refractivity contribution in [3.8, 4) is 0 Å². The van der Waals surface area contributed by atoms with E-state index in [1.807, 2.05) is 53.9 Å². The Labute approximate surface area is 109 Å². The minimum Gasteiger partial charge on any atom is -0.358 e. The van der Waals surface area contributed by atoms with E-state index in [1.54, 1.807) is 11.3 Å². The van der Waals surface area contributed by atoms with Crippen molar-refractivity contribution < 1.29 is 9.94 Å². The van der Waals surface area contributed by atoms with E-state index >= 15 is 0 Å². The van der Waals surface area contributed by atoms with Gasteiger partial charge in [0, 0.05) is 10.4 Å². The molecule has 0 saturated carbocycles. The first kappa shape index (κ1) is 11.2. The number of aliphatic hydroxyl groups is 1. The molecule has 0 radical (unpaired) electrons. The van der Waals surface area contributed by atoms with E-state index in [1.165, 1.54) is 0 Å². The molecular weight excluding hydrogens is 246 g/mol. The zero-order valence-electron chi connectivity index (χ0n) is 9.48. The first-order valence-electron chi connectivity index (χ1n) is 5.57. The molecule has 0 amide bonds. The topological polar surface area (TPSA) is 41.8 Å². The maximum absolute atomic E-state index is 9.82. The quantitative estimate of drug-likeness (QED) is 0.898. The number of rotatable bonds is 2. The summed E-state index contributed by atoms with van der Waals surface area (Å²) < 4.78 is 0. The number of aliphatic hydroxyl groups excluding tert-OH is 1. The maximum Gasteiger partial charge on any atom is 0.253 e. The highest BCUT2D eigenvalue weighted by atomic mass is 32.1. The van der Waals surface area contributed by atoms with Crippen molar-refractivity contribution in [3.05, 3.63) is 63.9 Å². The van der Waals surface area contributed by atoms with Gasteiger partial charge in [0.1, 0.15) is 5.71 Å². The van der Waals surface area contributed by atoms with Gasteiger partial charge in [0.25, 0.3) is 6.29 Å². The lowest BCUT2D eigenvalue weighted by Crippen LogP contribution is -2.11. The molecule has 1 aromatic heterocycles. The lowest BCUT2D eigenvalue weighted by molar-refractivity contribution is -0.0543. The highest BCUT2D eigenvalue weighted by Gasteiger charge is 2.26. The van der Waals surface area contributed by atoms with Crippen LogP contribution in [0.25, 0.3) is 6.08 Å². The Bertz CT molecular complexity index is 588. The summed E-state index contributed by atoms with van der Waals surface area (Å²) in [5.41, 5.74) is 2.33. The van der Waals surface area contributed by atoms with Crippen LogP contribution in [0.2, 0.25) is 0 Å². The van der Waals surface area contributed by atoms with Crippen LogP contribution in [0.3, 0.4) is 0 Å². The van der Waals surface area contributed by atoms with Gasteiger partial charge in [-0.25, -0.2) is 0 Å². The van der Waals surface area contributed by atoms with E-state index < -0.39 is 6.29 Å². The molecule has 0 aliphatic carbocycles. The highest BCUT2D eigenvalue weighted by molar-refractivity contribution is 7.10. The molecule has 1 aliphatic rings. The van der Waals surface area contributed by atoms with Gasteiger partial charge in [-0.2, -0.15) is 0 Å². The fraction of sp³-hybridized carbons (Fsp3) is 0.0714. The molecule has 1 aromatic carbocycles. The summed E-state index contributed by atoms with van der Waals surface area (Å²) in [6.45, 7) is 0. The van der Waals surface area contributed by atoms with Crippen molar-refractivity contribution in [3.63, 3.8) is 0 Å². The Balaban J connectivity index is 2.00. The van der Waals surface area contributed by atoms with E-state index in [-0.39, 0.29) is 0 Å². The molecule has 3 rings (SSSR count). The Morgan fingerprint density at radius 2 is 2.00 bits per heavy atom. The van der Waals surface area contributed by atoms with Gasteiger partial charge in [-0.15, -0.1) is 11.3 Å². The fourth-order valence-electron chi connectivity index (χ4n) is 1.81. The second kappa shape index (κ2) is 4.76. The van der Waals surface area contributed by atoms with E-state index in [9.17, 15) is 5.11 Å². The van der Waals surface area contributed by atoms with Gasteiger partial charge < -0.3 is 9.94 Å². The minimum atomic E-state index is -0.984. The summed E-state index contributed by atoms with van der Waals surface area (Å²) in [6, 6.07) is 13.7. The second-order valence-electron chi connectivity index (χ2n) is 3.88. The number of oxime groups is 1. The van der Waals surface area contributed by atoms with Crippen LogP contribution in [-0.2, 0) is 4.84 Å². The molecule has 1 aliphatic heterocycles. The standard InChI is InChI=1S/C14H11NO2S/c16-14-12(9-11-7-4-8-18-11)13(15-17-14)10-5-2-1-3-6-10/h1-9,14,16H/b12-9-. The molecule has 0 spiro atoms. The summed E-state index contributed by atoms with van der Waals surface area (Å²) in [5, 5.41) is 15.8. The van der Waals surface area contributed by atoms with Gasteiger partial charge in [-0.3, -0.25) is 0 Å². The monoisotopic (exact) mass is 257 g/mol. The van der Waals surface area contributed by atoms with Crippen molar-refractivity contribution in [2.45, 2.75) is 6.29 Å². The van der Waals surface area contributed by atoms with Crippen LogP contribution in [0.5, 0.6) is 0 Å². The van der Waals surface area contributed by atoms with Gasteiger partial charge in [-0.1, -0.05) is 41.6 Å². The molecule has 1 atom stereocenters. The van der Waals surface area contributed by atoms with E-state index in [0.29, 0.717) is 11.3 Å². The third-order valence-corrected chi connectivity index (χ3v) is 3.49. The largest absolute Gasteiger partial charge is 0.358 e. The maximum atomic E-state index is 9.82. The smallest absolute Gasteiger partial charge is 0.253 e. The molecule has 4 heteroatoms. The van der Waals surface area contributed by atoms with Crippen molar-refractivity contribution >= 4 is 23.1 Å². The summed E-state index contributed by atoms with van der Waals surface area (Å²) in [4.78, 5) is 6.03. The average Bonchev–Trinajstić information content (AvgIpc) is 3.03. The Kier molecular flexibility index (Phi) is 2.96. The highest BCUT2D eigenvalue weighted by Crippen LogP contribution is 2.24. The molecule has 90 valence electrons. The summed E-state index contributed by atoms with van der Waals surface area (Å²) in [5.74, 6) is 0. The predicted octanol–water partition coefficient (Wildman–Crippen LogP) is 2.88. The number of thiophene rings is 1. The van der Waals surface area contributed by atoms with Crippen molar-refractivity contribution in [2.24, 2.45) is 5.16 Å². The van der Waals surface area contributed by atoms with Gasteiger partial charge in [-0.05, 0) is 17.5 Å². The van der Waals surface area contributed by atoms with E-state index in [0.717, 1.165) is 10.4 Å². The number of nitrogens with zero attached hydrogens (tertiary/aromatic N) is 1. The second-order valence-corrected chi connectivity index (χ2v) is 4.86. The molecule has 1 N–H and O–H groups in total. The van der Waals surface area contributed by atoms with Crippen LogP contribution in [-0.4, -0.2) is 17.1 Å². The van der Waals surface area contributed by atoms with Crippen molar-refractivity contribution in [2.75, 3.05) is 0 Å². The van der Waals surface area contributed by atoms with Gasteiger partial charge in [0.2, 0.25) is 0 Å². The Morgan fingerprint density at radius 3 is 2.72 bits per heavy atom. The zero-order valence-corrected chi connectivity index (χ0v) is 10.3. The Hall–Kier alpha value is -1.91. The third kappa shape index (κ3) is 2.08. The van der Waals surface area contributed by atoms with Gasteiger partial charge in [0.05, 0.1) is 5.57 Å². The molecule has 0 fully saturated rings. The number of hydrogen-bond acceptors (Lipinski definition) is 4. The summed E-state index contributed by atoms with van der Waals surface area (Å²) in [7, 11) is 0. The Morgan fingerprint density at radius 1 is 1.17 bits per heavy atom. The molecule has 0 saturated heterocycles. The molecule has 2 aromatic rings. The van der Waals surface area contributed by atoms with E-state index in [2.05, 4.69) is 5.16 Å². The number of benzene rings is 1. The minimum absolute atomic E-state index is 0.691. The molecule has 1 unspecified atom stereocenters. The first-order valence-corrected chi connectivity index (χ1v) is 6.45. The van der Waals surface area contributed by atoms with Crippen molar-refractivity contribution in [1.29, 1.82) is 0 Å². The normalized spacial score (nSPS) is 20.8. The molecule has 3 nitrogen and oxygen atoms in total.